The van der Waals surface area contributed by atoms with Crippen LogP contribution in [0.2, 0.25) is 0 Å². The smallest absolute Gasteiger partial charge is 0.310 e. The van der Waals surface area contributed by atoms with Crippen LogP contribution in [0.15, 0.2) is 35.1 Å². The van der Waals surface area contributed by atoms with E-state index in [2.05, 4.69) is 20.6 Å². The predicted molar refractivity (Wildman–Crippen MR) is 126 cm³/mol. The molecule has 1 aromatic heterocycles. The quantitative estimate of drug-likeness (QED) is 0.523. The molecule has 0 saturated carbocycles. The Kier molecular flexibility index (Phi) is 7.24. The van der Waals surface area contributed by atoms with E-state index in [-0.39, 0.29) is 47.5 Å². The van der Waals surface area contributed by atoms with Crippen LogP contribution in [-0.2, 0) is 25.5 Å². The van der Waals surface area contributed by atoms with Gasteiger partial charge in [0.1, 0.15) is 5.82 Å². The zero-order valence-corrected chi connectivity index (χ0v) is 19.1. The second kappa shape index (κ2) is 10.5. The minimum absolute atomic E-state index is 0.0940. The molecule has 1 fully saturated rings. The highest BCUT2D eigenvalue weighted by atomic mass is 16.5. The number of carbonyl (C=O) groups excluding carboxylic acids is 3. The Hall–Kier alpha value is -3.69. The van der Waals surface area contributed by atoms with Crippen molar-refractivity contribution < 1.29 is 19.1 Å². The fourth-order valence-corrected chi connectivity index (χ4v) is 4.45. The van der Waals surface area contributed by atoms with E-state index < -0.39 is 11.5 Å². The molecule has 10 nitrogen and oxygen atoms in total. The van der Waals surface area contributed by atoms with E-state index in [1.807, 2.05) is 35.2 Å². The van der Waals surface area contributed by atoms with Crippen molar-refractivity contribution in [1.82, 2.24) is 15.3 Å². The maximum absolute atomic E-state index is 13.0. The fraction of sp³-hybridized carbons (Fsp3) is 0.458. The van der Waals surface area contributed by atoms with Crippen LogP contribution in [0.1, 0.15) is 43.2 Å². The van der Waals surface area contributed by atoms with Crippen LogP contribution in [0, 0.1) is 5.92 Å². The molecule has 2 amide bonds. The summed E-state index contributed by atoms with van der Waals surface area (Å²) in [4.78, 5) is 59.4. The Morgan fingerprint density at radius 1 is 1.24 bits per heavy atom. The molecule has 10 heteroatoms. The maximum Gasteiger partial charge on any atom is 0.310 e. The van der Waals surface area contributed by atoms with Gasteiger partial charge in [0.05, 0.1) is 24.0 Å². The monoisotopic (exact) mass is 467 g/mol. The number of hydrogen-bond donors (Lipinski definition) is 3. The molecule has 4 rings (SSSR count). The van der Waals surface area contributed by atoms with E-state index in [1.165, 1.54) is 0 Å². The summed E-state index contributed by atoms with van der Waals surface area (Å²) in [5.74, 6) is -1.89. The molecule has 1 aromatic carbocycles. The molecular formula is C24H29N5O5. The first kappa shape index (κ1) is 23.5. The molecule has 0 unspecified atom stereocenters. The number of aromatic nitrogens is 2. The van der Waals surface area contributed by atoms with Crippen LogP contribution < -0.4 is 21.1 Å². The van der Waals surface area contributed by atoms with Crippen LogP contribution >= 0.6 is 0 Å². The third-order valence-electron chi connectivity index (χ3n) is 6.15. The number of anilines is 2. The second-order valence-electron chi connectivity index (χ2n) is 8.52. The van der Waals surface area contributed by atoms with Gasteiger partial charge >= 0.3 is 5.97 Å². The van der Waals surface area contributed by atoms with E-state index >= 15 is 0 Å². The largest absolute Gasteiger partial charge is 0.466 e. The highest BCUT2D eigenvalue weighted by Gasteiger charge is 2.36. The number of H-pyrrole nitrogens is 1. The zero-order chi connectivity index (χ0) is 24.1. The first-order valence-corrected chi connectivity index (χ1v) is 11.6. The molecule has 2 atom stereocenters. The van der Waals surface area contributed by atoms with Crippen LogP contribution in [-0.4, -0.2) is 54.0 Å². The number of nitrogens with one attached hydrogen (secondary N) is 3. The summed E-state index contributed by atoms with van der Waals surface area (Å²) in [6.07, 6.45) is 1.96. The van der Waals surface area contributed by atoms with Gasteiger partial charge in [0.2, 0.25) is 17.8 Å². The standard InChI is InChI=1S/C24H29N5O5/c1-2-34-23(33)16-9-6-12-29(14-16)24-27-20-19(22(32)28-24)17(13-18(30)26-20)21(31)25-11-10-15-7-4-3-5-8-15/h3-5,7-8,16-17H,2,6,9-14H2,1H3,(H,25,31)(H2,26,27,28,30,32)/t16-,17-/m0/s1. The van der Waals surface area contributed by atoms with Crippen molar-refractivity contribution in [2.24, 2.45) is 5.92 Å². The number of fused-ring (bicyclic) bond motifs is 1. The summed E-state index contributed by atoms with van der Waals surface area (Å²) >= 11 is 0. The van der Waals surface area contributed by atoms with Crippen LogP contribution in [0.25, 0.3) is 0 Å². The van der Waals surface area contributed by atoms with Crippen molar-refractivity contribution in [2.45, 2.75) is 38.5 Å². The van der Waals surface area contributed by atoms with Gasteiger partial charge in [-0.25, -0.2) is 0 Å². The van der Waals surface area contributed by atoms with E-state index in [4.69, 9.17) is 4.74 Å². The first-order chi connectivity index (χ1) is 16.5. The van der Waals surface area contributed by atoms with Crippen LogP contribution in [0.5, 0.6) is 0 Å². The van der Waals surface area contributed by atoms with Gasteiger partial charge < -0.3 is 20.3 Å². The number of ether oxygens (including phenoxy) is 1. The normalized spacial score (nSPS) is 19.7. The minimum atomic E-state index is -0.918. The summed E-state index contributed by atoms with van der Waals surface area (Å²) in [5.41, 5.74) is 0.761. The molecule has 3 N–H and O–H groups in total. The number of carbonyl (C=O) groups is 3. The Labute approximate surface area is 197 Å². The van der Waals surface area contributed by atoms with Gasteiger partial charge in [-0.1, -0.05) is 30.3 Å². The molecule has 1 saturated heterocycles. The predicted octanol–water partition coefficient (Wildman–Crippen LogP) is 1.33. The Morgan fingerprint density at radius 3 is 2.79 bits per heavy atom. The molecule has 2 aliphatic heterocycles. The summed E-state index contributed by atoms with van der Waals surface area (Å²) in [7, 11) is 0. The van der Waals surface area contributed by atoms with Gasteiger partial charge in [0.15, 0.2) is 0 Å². The van der Waals surface area contributed by atoms with Crippen molar-refractivity contribution in [2.75, 3.05) is 36.5 Å². The van der Waals surface area contributed by atoms with Crippen molar-refractivity contribution in [3.8, 4) is 0 Å². The highest BCUT2D eigenvalue weighted by Crippen LogP contribution is 2.30. The lowest BCUT2D eigenvalue weighted by molar-refractivity contribution is -0.148. The van der Waals surface area contributed by atoms with Gasteiger partial charge in [-0.05, 0) is 31.7 Å². The number of benzene rings is 1. The second-order valence-corrected chi connectivity index (χ2v) is 8.52. The topological polar surface area (TPSA) is 133 Å². The summed E-state index contributed by atoms with van der Waals surface area (Å²) in [6.45, 7) is 3.43. The zero-order valence-electron chi connectivity index (χ0n) is 19.1. The fourth-order valence-electron chi connectivity index (χ4n) is 4.45. The summed E-state index contributed by atoms with van der Waals surface area (Å²) in [6, 6.07) is 9.73. The number of hydrogen-bond acceptors (Lipinski definition) is 7. The van der Waals surface area contributed by atoms with E-state index in [0.29, 0.717) is 39.1 Å². The summed E-state index contributed by atoms with van der Waals surface area (Å²) in [5, 5.41) is 5.47. The maximum atomic E-state index is 13.0. The highest BCUT2D eigenvalue weighted by molar-refractivity contribution is 6.00. The minimum Gasteiger partial charge on any atom is -0.466 e. The molecule has 180 valence electrons. The number of amides is 2. The lowest BCUT2D eigenvalue weighted by atomic mass is 9.92. The molecule has 2 aromatic rings. The van der Waals surface area contributed by atoms with Crippen molar-refractivity contribution >= 4 is 29.5 Å². The number of piperidine rings is 1. The van der Waals surface area contributed by atoms with Crippen molar-refractivity contribution in [3.05, 3.63) is 51.8 Å². The van der Waals surface area contributed by atoms with Crippen molar-refractivity contribution in [3.63, 3.8) is 0 Å². The molecule has 0 radical (unpaired) electrons. The Balaban J connectivity index is 1.50. The number of nitrogens with zero attached hydrogens (tertiary/aromatic N) is 2. The van der Waals surface area contributed by atoms with E-state index in [0.717, 1.165) is 12.0 Å². The first-order valence-electron chi connectivity index (χ1n) is 11.6. The molecule has 0 spiro atoms. The SMILES string of the molecule is CCOC(=O)[C@H]1CCCN(c2nc3c(c(=O)[nH]2)[C@@H](C(=O)NCCc2ccccc2)CC(=O)N3)C1. The van der Waals surface area contributed by atoms with E-state index in [1.54, 1.807) is 6.92 Å². The van der Waals surface area contributed by atoms with Gasteiger partial charge in [0, 0.05) is 26.1 Å². The third kappa shape index (κ3) is 5.27. The van der Waals surface area contributed by atoms with Gasteiger partial charge in [-0.2, -0.15) is 4.98 Å². The van der Waals surface area contributed by atoms with Gasteiger partial charge in [0.25, 0.3) is 5.56 Å². The Bertz CT molecular complexity index is 1120. The van der Waals surface area contributed by atoms with Crippen molar-refractivity contribution in [1.29, 1.82) is 0 Å². The lowest BCUT2D eigenvalue weighted by Gasteiger charge is -2.32. The average Bonchev–Trinajstić information content (AvgIpc) is 2.84. The van der Waals surface area contributed by atoms with Crippen LogP contribution in [0.3, 0.4) is 0 Å². The molecule has 2 aliphatic rings. The Morgan fingerprint density at radius 2 is 2.03 bits per heavy atom. The van der Waals surface area contributed by atoms with Crippen LogP contribution in [0.4, 0.5) is 11.8 Å². The number of esters is 1. The molecule has 3 heterocycles. The van der Waals surface area contributed by atoms with E-state index in [9.17, 15) is 19.2 Å². The average molecular weight is 468 g/mol. The third-order valence-corrected chi connectivity index (χ3v) is 6.15. The van der Waals surface area contributed by atoms with Gasteiger partial charge in [-0.15, -0.1) is 0 Å². The summed E-state index contributed by atoms with van der Waals surface area (Å²) < 4.78 is 5.14. The van der Waals surface area contributed by atoms with Gasteiger partial charge in [-0.3, -0.25) is 24.2 Å². The molecular weight excluding hydrogens is 438 g/mol. The molecule has 0 aliphatic carbocycles. The number of aromatic amines is 1. The number of rotatable bonds is 7. The molecule has 0 bridgehead atoms. The lowest BCUT2D eigenvalue weighted by Crippen LogP contribution is -2.43. The molecule has 34 heavy (non-hydrogen) atoms.